The summed E-state index contributed by atoms with van der Waals surface area (Å²) in [5.41, 5.74) is -1.95. The monoisotopic (exact) mass is 938 g/mol. The molecule has 22 nitrogen and oxygen atoms in total. The summed E-state index contributed by atoms with van der Waals surface area (Å²) in [5, 5.41) is 45.5. The summed E-state index contributed by atoms with van der Waals surface area (Å²) in [6.07, 6.45) is 10.9. The van der Waals surface area contributed by atoms with Crippen LogP contribution in [0.25, 0.3) is 0 Å². The third-order valence-corrected chi connectivity index (χ3v) is 10.4. The zero-order valence-electron chi connectivity index (χ0n) is 38.0. The van der Waals surface area contributed by atoms with Crippen molar-refractivity contribution < 1.29 is 44.1 Å². The van der Waals surface area contributed by atoms with Crippen LogP contribution < -0.4 is 48.6 Å². The SMILES string of the molecule is O=C(CCCCCNC(=O)Cn1cccc(O)c1=O)NCCN(CCNC(=O)CCCCCNC(=O)Cn1cccc(O)c1=O)CCNC(=O)CCCCCNC(=O)Cn1cccc(O)c1=O. The highest BCUT2D eigenvalue weighted by Crippen LogP contribution is 2.04. The molecule has 9 N–H and O–H groups in total. The lowest BCUT2D eigenvalue weighted by atomic mass is 10.2. The number of hydrogen-bond donors (Lipinski definition) is 9. The number of nitrogens with zero attached hydrogens (tertiary/aromatic N) is 4. The van der Waals surface area contributed by atoms with Gasteiger partial charge in [-0.2, -0.15) is 0 Å². The van der Waals surface area contributed by atoms with E-state index in [-0.39, 0.29) is 74.3 Å². The Bertz CT molecular complexity index is 2000. The molecule has 0 fully saturated rings. The van der Waals surface area contributed by atoms with Crippen molar-refractivity contribution in [2.75, 3.05) is 58.9 Å². The van der Waals surface area contributed by atoms with Crippen molar-refractivity contribution in [3.63, 3.8) is 0 Å². The standard InChI is InChI=1S/C45H66N10O12/c56-34-13-10-25-53(43(34)65)31-40(62)46-19-7-1-4-16-37(59)49-22-28-52(29-23-50-38(60)17-5-2-8-20-47-41(63)32-54-26-11-14-35(57)44(54)66)30-24-51-39(61)18-6-3-9-21-48-42(64)33-55-27-12-15-36(58)45(55)67/h10-15,25-27,56-58H,1-9,16-24,28-33H2,(H,46,62)(H,47,63)(H,48,64)(H,49,59)(H,50,60)(H,51,61). The molecule has 3 heterocycles. The molecular formula is C45H66N10O12. The molecular weight excluding hydrogens is 873 g/mol. The van der Waals surface area contributed by atoms with Gasteiger partial charge in [-0.05, 0) is 74.9 Å². The van der Waals surface area contributed by atoms with Crippen molar-refractivity contribution in [2.24, 2.45) is 0 Å². The van der Waals surface area contributed by atoms with Gasteiger partial charge in [0, 0.05) is 96.8 Å². The number of amides is 6. The molecule has 0 aliphatic heterocycles. The minimum Gasteiger partial charge on any atom is -0.503 e. The van der Waals surface area contributed by atoms with E-state index in [4.69, 9.17) is 0 Å². The van der Waals surface area contributed by atoms with Gasteiger partial charge in [-0.25, -0.2) is 0 Å². The molecule has 0 aliphatic rings. The average molecular weight is 939 g/mol. The van der Waals surface area contributed by atoms with Gasteiger partial charge in [-0.15, -0.1) is 0 Å². The maximum Gasteiger partial charge on any atom is 0.293 e. The highest BCUT2D eigenvalue weighted by molar-refractivity contribution is 5.77. The lowest BCUT2D eigenvalue weighted by Crippen LogP contribution is -2.43. The Hall–Kier alpha value is -6.97. The van der Waals surface area contributed by atoms with Crippen LogP contribution in [0, 0.1) is 0 Å². The first-order valence-electron chi connectivity index (χ1n) is 22.7. The second-order valence-electron chi connectivity index (χ2n) is 15.9. The minimum atomic E-state index is -0.649. The van der Waals surface area contributed by atoms with Crippen molar-refractivity contribution in [1.82, 2.24) is 50.5 Å². The Labute approximate surface area is 388 Å². The molecule has 0 spiro atoms. The van der Waals surface area contributed by atoms with Crippen LogP contribution in [0.2, 0.25) is 0 Å². The molecule has 6 amide bonds. The first-order chi connectivity index (χ1) is 32.2. The van der Waals surface area contributed by atoms with Crippen LogP contribution in [0.5, 0.6) is 17.2 Å². The van der Waals surface area contributed by atoms with Gasteiger partial charge in [-0.1, -0.05) is 19.3 Å². The molecule has 3 aromatic rings. The van der Waals surface area contributed by atoms with Crippen LogP contribution in [0.1, 0.15) is 77.0 Å². The molecule has 22 heteroatoms. The molecule has 3 rings (SSSR count). The van der Waals surface area contributed by atoms with Gasteiger partial charge in [0.15, 0.2) is 17.2 Å². The fraction of sp³-hybridized carbons (Fsp3) is 0.533. The molecule has 0 aliphatic carbocycles. The largest absolute Gasteiger partial charge is 0.503 e. The molecule has 0 radical (unpaired) electrons. The summed E-state index contributed by atoms with van der Waals surface area (Å²) in [6, 6.07) is 8.17. The van der Waals surface area contributed by atoms with Crippen LogP contribution in [-0.2, 0) is 48.4 Å². The first kappa shape index (κ1) is 54.4. The second kappa shape index (κ2) is 31.0. The van der Waals surface area contributed by atoms with E-state index in [0.717, 1.165) is 13.7 Å². The summed E-state index contributed by atoms with van der Waals surface area (Å²) in [5.74, 6) is -2.80. The molecule has 0 saturated carbocycles. The zero-order chi connectivity index (χ0) is 48.8. The third kappa shape index (κ3) is 22.7. The highest BCUT2D eigenvalue weighted by Gasteiger charge is 2.12. The van der Waals surface area contributed by atoms with Gasteiger partial charge in [0.2, 0.25) is 35.4 Å². The number of rotatable bonds is 33. The number of nitrogens with one attached hydrogen (secondary N) is 6. The third-order valence-electron chi connectivity index (χ3n) is 10.4. The number of aromatic nitrogens is 3. The lowest BCUT2D eigenvalue weighted by molar-refractivity contribution is -0.122. The molecule has 0 atom stereocenters. The van der Waals surface area contributed by atoms with Gasteiger partial charge in [0.05, 0.1) is 0 Å². The quantitative estimate of drug-likeness (QED) is 0.0344. The summed E-state index contributed by atoms with van der Waals surface area (Å²) < 4.78 is 3.34. The van der Waals surface area contributed by atoms with Crippen molar-refractivity contribution in [1.29, 1.82) is 0 Å². The number of unbranched alkanes of at least 4 members (excludes halogenated alkanes) is 6. The topological polar surface area (TPSA) is 305 Å². The Morgan fingerprint density at radius 3 is 0.940 bits per heavy atom. The molecule has 0 bridgehead atoms. The van der Waals surface area contributed by atoms with Crippen LogP contribution in [0.3, 0.4) is 0 Å². The van der Waals surface area contributed by atoms with E-state index in [1.54, 1.807) is 0 Å². The molecule has 0 aromatic carbocycles. The van der Waals surface area contributed by atoms with E-state index in [2.05, 4.69) is 31.9 Å². The van der Waals surface area contributed by atoms with E-state index in [9.17, 15) is 58.5 Å². The average Bonchev–Trinajstić information content (AvgIpc) is 3.29. The maximum atomic E-state index is 12.6. The van der Waals surface area contributed by atoms with Crippen LogP contribution in [0.15, 0.2) is 69.4 Å². The van der Waals surface area contributed by atoms with Gasteiger partial charge in [0.1, 0.15) is 19.6 Å². The first-order valence-corrected chi connectivity index (χ1v) is 22.7. The number of aromatic hydroxyl groups is 3. The van der Waals surface area contributed by atoms with Gasteiger partial charge in [0.25, 0.3) is 16.7 Å². The predicted molar refractivity (Wildman–Crippen MR) is 247 cm³/mol. The number of carbonyl (C=O) groups excluding carboxylic acids is 6. The summed E-state index contributed by atoms with van der Waals surface area (Å²) in [4.78, 5) is 112. The minimum absolute atomic E-state index is 0.132. The van der Waals surface area contributed by atoms with Crippen LogP contribution in [0.4, 0.5) is 0 Å². The van der Waals surface area contributed by atoms with Crippen molar-refractivity contribution in [3.05, 3.63) is 86.1 Å². The maximum absolute atomic E-state index is 12.6. The van der Waals surface area contributed by atoms with E-state index in [1.807, 2.05) is 4.90 Å². The van der Waals surface area contributed by atoms with E-state index in [0.29, 0.717) is 117 Å². The number of pyridine rings is 3. The summed E-state index contributed by atoms with van der Waals surface area (Å²) in [6.45, 7) is 2.88. The molecule has 3 aromatic heterocycles. The van der Waals surface area contributed by atoms with E-state index < -0.39 is 33.9 Å². The Morgan fingerprint density at radius 2 is 0.657 bits per heavy atom. The van der Waals surface area contributed by atoms with Gasteiger partial charge >= 0.3 is 0 Å². The number of hydrogen-bond acceptors (Lipinski definition) is 13. The fourth-order valence-electron chi connectivity index (χ4n) is 6.68. The summed E-state index contributed by atoms with van der Waals surface area (Å²) in [7, 11) is 0. The lowest BCUT2D eigenvalue weighted by Gasteiger charge is -2.23. The van der Waals surface area contributed by atoms with E-state index in [1.165, 1.54) is 55.0 Å². The van der Waals surface area contributed by atoms with Crippen LogP contribution >= 0.6 is 0 Å². The fourth-order valence-corrected chi connectivity index (χ4v) is 6.68. The Balaban J connectivity index is 1.31. The smallest absolute Gasteiger partial charge is 0.293 e. The molecule has 67 heavy (non-hydrogen) atoms. The molecule has 368 valence electrons. The molecule has 0 unspecified atom stereocenters. The van der Waals surface area contributed by atoms with E-state index >= 15 is 0 Å². The zero-order valence-corrected chi connectivity index (χ0v) is 38.0. The van der Waals surface area contributed by atoms with Crippen molar-refractivity contribution >= 4 is 35.4 Å². The van der Waals surface area contributed by atoms with Crippen molar-refractivity contribution in [2.45, 2.75) is 96.7 Å². The highest BCUT2D eigenvalue weighted by atomic mass is 16.3. The Kier molecular flexibility index (Phi) is 25.2. The summed E-state index contributed by atoms with van der Waals surface area (Å²) >= 11 is 0. The second-order valence-corrected chi connectivity index (χ2v) is 15.9. The van der Waals surface area contributed by atoms with Gasteiger partial charge < -0.3 is 60.9 Å². The Morgan fingerprint density at radius 1 is 0.388 bits per heavy atom. The van der Waals surface area contributed by atoms with Crippen LogP contribution in [-0.4, -0.2) is 128 Å². The van der Waals surface area contributed by atoms with Crippen molar-refractivity contribution in [3.8, 4) is 17.2 Å². The van der Waals surface area contributed by atoms with Gasteiger partial charge in [-0.3, -0.25) is 48.1 Å². The normalized spacial score (nSPS) is 10.9. The number of carbonyl (C=O) groups is 6. The molecule has 0 saturated heterocycles. The predicted octanol–water partition coefficient (Wildman–Crippen LogP) is -0.631.